The summed E-state index contributed by atoms with van der Waals surface area (Å²) in [4.78, 5) is 24.5. The molecule has 0 saturated heterocycles. The second-order valence-electron chi connectivity index (χ2n) is 6.13. The second-order valence-corrected chi connectivity index (χ2v) is 7.96. The van der Waals surface area contributed by atoms with E-state index >= 15 is 0 Å². The zero-order chi connectivity index (χ0) is 21.3. The fraction of sp³-hybridized carbons (Fsp3) is 0.0909. The maximum atomic E-state index is 12.2. The molecule has 0 fully saturated rings. The van der Waals surface area contributed by atoms with Gasteiger partial charge in [0.15, 0.2) is 13.2 Å². The summed E-state index contributed by atoms with van der Waals surface area (Å²) in [5, 5.41) is 5.49. The van der Waals surface area contributed by atoms with Crippen molar-refractivity contribution >= 4 is 55.0 Å². The van der Waals surface area contributed by atoms with Gasteiger partial charge in [0.05, 0.1) is 11.4 Å². The SMILES string of the molecule is O=C(COc1ccc(Br)cc1)Nc1ccccc1NC(=O)COc1ccc(Br)cc1. The van der Waals surface area contributed by atoms with Crippen LogP contribution >= 0.6 is 31.9 Å². The van der Waals surface area contributed by atoms with E-state index in [2.05, 4.69) is 42.5 Å². The van der Waals surface area contributed by atoms with Gasteiger partial charge in [-0.1, -0.05) is 44.0 Å². The predicted molar refractivity (Wildman–Crippen MR) is 123 cm³/mol. The normalized spacial score (nSPS) is 10.2. The molecule has 8 heteroatoms. The molecule has 2 amide bonds. The average molecular weight is 534 g/mol. The van der Waals surface area contributed by atoms with Gasteiger partial charge in [0, 0.05) is 8.95 Å². The van der Waals surface area contributed by atoms with Gasteiger partial charge >= 0.3 is 0 Å². The summed E-state index contributed by atoms with van der Waals surface area (Å²) >= 11 is 6.69. The Bertz CT molecular complexity index is 926. The van der Waals surface area contributed by atoms with Gasteiger partial charge in [-0.3, -0.25) is 9.59 Å². The van der Waals surface area contributed by atoms with E-state index in [1.54, 1.807) is 48.5 Å². The molecule has 0 aliphatic heterocycles. The number of benzene rings is 3. The standard InChI is InChI=1S/C22H18Br2N2O4/c23-15-5-9-17(10-6-15)29-13-21(27)25-19-3-1-2-4-20(19)26-22(28)14-30-18-11-7-16(24)8-12-18/h1-12H,13-14H2,(H,25,27)(H,26,28). The van der Waals surface area contributed by atoms with E-state index in [4.69, 9.17) is 9.47 Å². The molecule has 0 unspecified atom stereocenters. The van der Waals surface area contributed by atoms with Crippen LogP contribution in [-0.4, -0.2) is 25.0 Å². The number of carbonyl (C=O) groups is 2. The van der Waals surface area contributed by atoms with E-state index in [0.29, 0.717) is 22.9 Å². The maximum absolute atomic E-state index is 12.2. The molecule has 2 N–H and O–H groups in total. The Morgan fingerprint density at radius 3 is 1.37 bits per heavy atom. The van der Waals surface area contributed by atoms with Crippen LogP contribution in [0.1, 0.15) is 0 Å². The van der Waals surface area contributed by atoms with Crippen molar-refractivity contribution < 1.29 is 19.1 Å². The summed E-state index contributed by atoms with van der Waals surface area (Å²) in [7, 11) is 0. The van der Waals surface area contributed by atoms with Crippen LogP contribution in [0.15, 0.2) is 81.7 Å². The van der Waals surface area contributed by atoms with Crippen LogP contribution in [0.5, 0.6) is 11.5 Å². The fourth-order valence-corrected chi connectivity index (χ4v) is 2.96. The first-order valence-corrected chi connectivity index (χ1v) is 10.5. The number of amides is 2. The molecular formula is C22H18Br2N2O4. The topological polar surface area (TPSA) is 76.7 Å². The van der Waals surface area contributed by atoms with Crippen molar-refractivity contribution in [3.8, 4) is 11.5 Å². The van der Waals surface area contributed by atoms with Crippen LogP contribution in [0, 0.1) is 0 Å². The van der Waals surface area contributed by atoms with Crippen LogP contribution < -0.4 is 20.1 Å². The Balaban J connectivity index is 1.52. The van der Waals surface area contributed by atoms with Crippen molar-refractivity contribution in [2.24, 2.45) is 0 Å². The molecule has 0 aliphatic rings. The molecule has 3 aromatic carbocycles. The number of carbonyl (C=O) groups excluding carboxylic acids is 2. The zero-order valence-electron chi connectivity index (χ0n) is 15.7. The van der Waals surface area contributed by atoms with Gasteiger partial charge in [-0.25, -0.2) is 0 Å². The lowest BCUT2D eigenvalue weighted by Gasteiger charge is -2.13. The third kappa shape index (κ3) is 6.89. The predicted octanol–water partition coefficient (Wildman–Crippen LogP) is 5.25. The maximum Gasteiger partial charge on any atom is 0.262 e. The fourth-order valence-electron chi connectivity index (χ4n) is 2.43. The molecule has 0 saturated carbocycles. The average Bonchev–Trinajstić information content (AvgIpc) is 2.74. The van der Waals surface area contributed by atoms with Gasteiger partial charge in [-0.15, -0.1) is 0 Å². The highest BCUT2D eigenvalue weighted by Gasteiger charge is 2.11. The number of ether oxygens (including phenoxy) is 2. The number of anilines is 2. The molecule has 0 aromatic heterocycles. The monoisotopic (exact) mass is 532 g/mol. The summed E-state index contributed by atoms with van der Waals surface area (Å²) < 4.78 is 12.8. The third-order valence-electron chi connectivity index (χ3n) is 3.84. The smallest absolute Gasteiger partial charge is 0.262 e. The highest BCUT2D eigenvalue weighted by Crippen LogP contribution is 2.22. The first-order chi connectivity index (χ1) is 14.5. The summed E-state index contributed by atoms with van der Waals surface area (Å²) in [6, 6.07) is 21.3. The van der Waals surface area contributed by atoms with Gasteiger partial charge in [0.1, 0.15) is 11.5 Å². The quantitative estimate of drug-likeness (QED) is 0.415. The van der Waals surface area contributed by atoms with E-state index in [1.165, 1.54) is 0 Å². The number of hydrogen-bond acceptors (Lipinski definition) is 4. The molecule has 0 aliphatic carbocycles. The van der Waals surface area contributed by atoms with Crippen molar-refractivity contribution in [1.82, 2.24) is 0 Å². The van der Waals surface area contributed by atoms with Gasteiger partial charge in [0.25, 0.3) is 11.8 Å². The number of para-hydroxylation sites is 2. The Hall–Kier alpha value is -2.84. The lowest BCUT2D eigenvalue weighted by atomic mass is 10.2. The Morgan fingerprint density at radius 2 is 1.00 bits per heavy atom. The first-order valence-electron chi connectivity index (χ1n) is 8.95. The van der Waals surface area contributed by atoms with E-state index in [0.717, 1.165) is 8.95 Å². The molecule has 0 radical (unpaired) electrons. The minimum Gasteiger partial charge on any atom is -0.484 e. The highest BCUT2D eigenvalue weighted by molar-refractivity contribution is 9.10. The Kier molecular flexibility index (Phi) is 7.87. The number of hydrogen-bond donors (Lipinski definition) is 2. The van der Waals surface area contributed by atoms with E-state index in [1.807, 2.05) is 24.3 Å². The van der Waals surface area contributed by atoms with Crippen LogP contribution in [0.4, 0.5) is 11.4 Å². The third-order valence-corrected chi connectivity index (χ3v) is 4.90. The second kappa shape index (κ2) is 10.8. The Labute approximate surface area is 190 Å². The van der Waals surface area contributed by atoms with E-state index < -0.39 is 0 Å². The van der Waals surface area contributed by atoms with Crippen molar-refractivity contribution in [1.29, 1.82) is 0 Å². The minimum absolute atomic E-state index is 0.156. The van der Waals surface area contributed by atoms with Crippen molar-refractivity contribution in [2.45, 2.75) is 0 Å². The molecule has 0 spiro atoms. The molecule has 30 heavy (non-hydrogen) atoms. The lowest BCUT2D eigenvalue weighted by Crippen LogP contribution is -2.23. The molecule has 0 bridgehead atoms. The van der Waals surface area contributed by atoms with E-state index in [-0.39, 0.29) is 25.0 Å². The van der Waals surface area contributed by atoms with Crippen molar-refractivity contribution in [3.63, 3.8) is 0 Å². The van der Waals surface area contributed by atoms with Gasteiger partial charge in [-0.2, -0.15) is 0 Å². The summed E-state index contributed by atoms with van der Waals surface area (Å²) in [5.41, 5.74) is 0.942. The lowest BCUT2D eigenvalue weighted by molar-refractivity contribution is -0.119. The minimum atomic E-state index is -0.342. The summed E-state index contributed by atoms with van der Waals surface area (Å²) in [5.74, 6) is 0.483. The van der Waals surface area contributed by atoms with Gasteiger partial charge in [-0.05, 0) is 60.7 Å². The van der Waals surface area contributed by atoms with Crippen LogP contribution in [-0.2, 0) is 9.59 Å². The van der Waals surface area contributed by atoms with Crippen LogP contribution in [0.3, 0.4) is 0 Å². The van der Waals surface area contributed by atoms with Crippen LogP contribution in [0.25, 0.3) is 0 Å². The number of rotatable bonds is 8. The molecule has 0 heterocycles. The first kappa shape index (κ1) is 21.9. The molecule has 6 nitrogen and oxygen atoms in total. The molecular weight excluding hydrogens is 516 g/mol. The number of halogens is 2. The highest BCUT2D eigenvalue weighted by atomic mass is 79.9. The van der Waals surface area contributed by atoms with Crippen molar-refractivity contribution in [2.75, 3.05) is 23.8 Å². The molecule has 0 atom stereocenters. The molecule has 3 rings (SSSR count). The zero-order valence-corrected chi connectivity index (χ0v) is 18.9. The molecule has 3 aromatic rings. The van der Waals surface area contributed by atoms with Gasteiger partial charge < -0.3 is 20.1 Å². The number of nitrogens with one attached hydrogen (secondary N) is 2. The summed E-state index contributed by atoms with van der Waals surface area (Å²) in [6.07, 6.45) is 0. The van der Waals surface area contributed by atoms with Crippen molar-refractivity contribution in [3.05, 3.63) is 81.7 Å². The molecule has 154 valence electrons. The van der Waals surface area contributed by atoms with Crippen LogP contribution in [0.2, 0.25) is 0 Å². The largest absolute Gasteiger partial charge is 0.484 e. The van der Waals surface area contributed by atoms with Gasteiger partial charge in [0.2, 0.25) is 0 Å². The summed E-state index contributed by atoms with van der Waals surface area (Å²) in [6.45, 7) is -0.312. The van der Waals surface area contributed by atoms with E-state index in [9.17, 15) is 9.59 Å². The Morgan fingerprint density at radius 1 is 0.633 bits per heavy atom.